The van der Waals surface area contributed by atoms with Gasteiger partial charge in [-0.05, 0) is 13.3 Å². The van der Waals surface area contributed by atoms with Crippen LogP contribution in [0.3, 0.4) is 0 Å². The smallest absolute Gasteiger partial charge is 0.357 e. The molecule has 0 N–H and O–H groups in total. The van der Waals surface area contributed by atoms with Crippen molar-refractivity contribution in [3.05, 3.63) is 10.6 Å². The molecule has 0 bridgehead atoms. The van der Waals surface area contributed by atoms with Gasteiger partial charge in [0.15, 0.2) is 10.8 Å². The quantitative estimate of drug-likeness (QED) is 0.766. The molecule has 0 aromatic carbocycles. The number of aromatic nitrogens is 1. The summed E-state index contributed by atoms with van der Waals surface area (Å²) in [6, 6.07) is 0. The number of methoxy groups -OCH3 is 2. The molecular weight excluding hydrogens is 240 g/mol. The van der Waals surface area contributed by atoms with E-state index in [-0.39, 0.29) is 12.1 Å². The summed E-state index contributed by atoms with van der Waals surface area (Å²) in [6.07, 6.45) is 1.27. The Morgan fingerprint density at radius 1 is 1.53 bits per heavy atom. The summed E-state index contributed by atoms with van der Waals surface area (Å²) in [6.45, 7) is 3.65. The maximum atomic E-state index is 11.5. The largest absolute Gasteiger partial charge is 0.464 e. The molecule has 1 aromatic heterocycles. The van der Waals surface area contributed by atoms with Crippen molar-refractivity contribution in [3.8, 4) is 0 Å². The first kappa shape index (κ1) is 12.3. The highest BCUT2D eigenvalue weighted by Crippen LogP contribution is 2.29. The number of esters is 1. The number of carbonyl (C=O) groups excluding carboxylic acids is 1. The Morgan fingerprint density at radius 2 is 2.29 bits per heavy atom. The second-order valence-corrected chi connectivity index (χ2v) is 5.17. The molecule has 0 spiro atoms. The average Bonchev–Trinajstić information content (AvgIpc) is 2.94. The van der Waals surface area contributed by atoms with Crippen molar-refractivity contribution in [2.75, 3.05) is 32.2 Å². The lowest BCUT2D eigenvalue weighted by atomic mass is 10.3. The number of rotatable bonds is 3. The highest BCUT2D eigenvalue weighted by molar-refractivity contribution is 7.15. The summed E-state index contributed by atoms with van der Waals surface area (Å²) in [5.41, 5.74) is 0.424. The third-order valence-corrected chi connectivity index (χ3v) is 3.94. The van der Waals surface area contributed by atoms with Crippen LogP contribution in [0.2, 0.25) is 0 Å². The number of hydrogen-bond donors (Lipinski definition) is 0. The summed E-state index contributed by atoms with van der Waals surface area (Å²) in [7, 11) is 3.10. The van der Waals surface area contributed by atoms with Crippen molar-refractivity contribution in [1.82, 2.24) is 4.98 Å². The predicted molar refractivity (Wildman–Crippen MR) is 65.8 cm³/mol. The number of ether oxygens (including phenoxy) is 2. The number of aryl methyl sites for hydroxylation is 1. The van der Waals surface area contributed by atoms with Crippen molar-refractivity contribution in [2.24, 2.45) is 0 Å². The molecule has 2 rings (SSSR count). The van der Waals surface area contributed by atoms with E-state index in [0.717, 1.165) is 29.5 Å². The van der Waals surface area contributed by atoms with E-state index >= 15 is 0 Å². The predicted octanol–water partition coefficient (Wildman–Crippen LogP) is 1.46. The molecule has 94 valence electrons. The zero-order valence-corrected chi connectivity index (χ0v) is 11.0. The molecule has 1 aromatic rings. The molecule has 1 atom stereocenters. The van der Waals surface area contributed by atoms with Crippen LogP contribution < -0.4 is 4.90 Å². The maximum Gasteiger partial charge on any atom is 0.357 e. The van der Waals surface area contributed by atoms with Gasteiger partial charge in [-0.15, -0.1) is 11.3 Å². The molecule has 1 aliphatic heterocycles. The number of nitrogens with zero attached hydrogens (tertiary/aromatic N) is 2. The van der Waals surface area contributed by atoms with Gasteiger partial charge in [-0.25, -0.2) is 9.78 Å². The second-order valence-electron chi connectivity index (χ2n) is 3.99. The molecule has 0 amide bonds. The molecule has 0 aliphatic carbocycles. The second kappa shape index (κ2) is 5.01. The topological polar surface area (TPSA) is 51.7 Å². The molecule has 1 saturated heterocycles. The normalized spacial score (nSPS) is 19.7. The van der Waals surface area contributed by atoms with Crippen LogP contribution in [0.5, 0.6) is 0 Å². The average molecular weight is 256 g/mol. The molecule has 0 saturated carbocycles. The van der Waals surface area contributed by atoms with Gasteiger partial charge in [0.2, 0.25) is 0 Å². The summed E-state index contributed by atoms with van der Waals surface area (Å²) < 4.78 is 10.0. The van der Waals surface area contributed by atoms with Crippen molar-refractivity contribution in [3.63, 3.8) is 0 Å². The third kappa shape index (κ3) is 2.42. The number of anilines is 1. The fourth-order valence-electron chi connectivity index (χ4n) is 1.90. The summed E-state index contributed by atoms with van der Waals surface area (Å²) in [5.74, 6) is -0.368. The van der Waals surface area contributed by atoms with E-state index in [1.807, 2.05) is 6.92 Å². The van der Waals surface area contributed by atoms with E-state index in [2.05, 4.69) is 9.88 Å². The van der Waals surface area contributed by atoms with E-state index in [1.54, 1.807) is 7.11 Å². The monoisotopic (exact) mass is 256 g/mol. The molecule has 2 heterocycles. The first-order valence-electron chi connectivity index (χ1n) is 5.49. The van der Waals surface area contributed by atoms with E-state index in [0.29, 0.717) is 5.69 Å². The Morgan fingerprint density at radius 3 is 2.88 bits per heavy atom. The minimum Gasteiger partial charge on any atom is -0.464 e. The van der Waals surface area contributed by atoms with Crippen LogP contribution in [-0.2, 0) is 9.47 Å². The zero-order valence-electron chi connectivity index (χ0n) is 10.2. The van der Waals surface area contributed by atoms with Gasteiger partial charge >= 0.3 is 5.97 Å². The first-order valence-corrected chi connectivity index (χ1v) is 6.30. The molecule has 17 heavy (non-hydrogen) atoms. The molecule has 5 nitrogen and oxygen atoms in total. The van der Waals surface area contributed by atoms with Crippen LogP contribution in [0.1, 0.15) is 21.8 Å². The number of thiazole rings is 1. The lowest BCUT2D eigenvalue weighted by Gasteiger charge is -2.13. The highest BCUT2D eigenvalue weighted by atomic mass is 32.1. The van der Waals surface area contributed by atoms with Crippen LogP contribution in [0.25, 0.3) is 0 Å². The van der Waals surface area contributed by atoms with E-state index in [1.165, 1.54) is 18.4 Å². The minimum absolute atomic E-state index is 0.265. The van der Waals surface area contributed by atoms with Crippen molar-refractivity contribution in [1.29, 1.82) is 0 Å². The number of carbonyl (C=O) groups is 1. The van der Waals surface area contributed by atoms with Gasteiger partial charge in [-0.3, -0.25) is 0 Å². The van der Waals surface area contributed by atoms with Gasteiger partial charge < -0.3 is 14.4 Å². The Kier molecular flexibility index (Phi) is 3.63. The maximum absolute atomic E-state index is 11.5. The molecule has 0 radical (unpaired) electrons. The Labute approximate surface area is 104 Å². The standard InChI is InChI=1S/C11H16N2O3S/c1-7-9(10(14)16-3)12-11(17-7)13-5-4-8(6-13)15-2/h8H,4-6H2,1-3H3. The third-order valence-electron chi connectivity index (χ3n) is 2.91. The van der Waals surface area contributed by atoms with Crippen LogP contribution in [0, 0.1) is 6.92 Å². The molecule has 1 unspecified atom stereocenters. The fraction of sp³-hybridized carbons (Fsp3) is 0.636. The molecule has 6 heteroatoms. The molecule has 1 fully saturated rings. The lowest BCUT2D eigenvalue weighted by Crippen LogP contribution is -2.22. The van der Waals surface area contributed by atoms with Gasteiger partial charge in [-0.1, -0.05) is 0 Å². The molecular formula is C11H16N2O3S. The minimum atomic E-state index is -0.368. The lowest BCUT2D eigenvalue weighted by molar-refractivity contribution is 0.0594. The van der Waals surface area contributed by atoms with E-state index in [4.69, 9.17) is 9.47 Å². The SMILES string of the molecule is COC(=O)c1nc(N2CCC(OC)C2)sc1C. The summed E-state index contributed by atoms with van der Waals surface area (Å²) in [4.78, 5) is 18.9. The summed E-state index contributed by atoms with van der Waals surface area (Å²) in [5, 5.41) is 0.877. The van der Waals surface area contributed by atoms with E-state index in [9.17, 15) is 4.79 Å². The highest BCUT2D eigenvalue weighted by Gasteiger charge is 2.26. The van der Waals surface area contributed by atoms with Gasteiger partial charge in [0, 0.05) is 25.1 Å². The van der Waals surface area contributed by atoms with Crippen LogP contribution >= 0.6 is 11.3 Å². The number of hydrogen-bond acceptors (Lipinski definition) is 6. The first-order chi connectivity index (χ1) is 8.15. The van der Waals surface area contributed by atoms with Crippen molar-refractivity contribution < 1.29 is 14.3 Å². The Bertz CT molecular complexity index is 419. The van der Waals surface area contributed by atoms with Crippen molar-refractivity contribution in [2.45, 2.75) is 19.4 Å². The van der Waals surface area contributed by atoms with Gasteiger partial charge in [0.25, 0.3) is 0 Å². The van der Waals surface area contributed by atoms with Crippen molar-refractivity contribution >= 4 is 22.4 Å². The van der Waals surface area contributed by atoms with Crippen LogP contribution in [0.15, 0.2) is 0 Å². The fourth-order valence-corrected chi connectivity index (χ4v) is 2.83. The van der Waals surface area contributed by atoms with E-state index < -0.39 is 0 Å². The van der Waals surface area contributed by atoms with Gasteiger partial charge in [0.1, 0.15) is 0 Å². The van der Waals surface area contributed by atoms with Gasteiger partial charge in [-0.2, -0.15) is 0 Å². The zero-order chi connectivity index (χ0) is 12.4. The van der Waals surface area contributed by atoms with Crippen LogP contribution in [-0.4, -0.2) is 44.4 Å². The van der Waals surface area contributed by atoms with Gasteiger partial charge in [0.05, 0.1) is 13.2 Å². The summed E-state index contributed by atoms with van der Waals surface area (Å²) >= 11 is 1.53. The van der Waals surface area contributed by atoms with Crippen LogP contribution in [0.4, 0.5) is 5.13 Å². The Hall–Kier alpha value is -1.14. The Balaban J connectivity index is 2.15. The molecule has 1 aliphatic rings.